The summed E-state index contributed by atoms with van der Waals surface area (Å²) >= 11 is 2.04. The number of halogens is 1. The van der Waals surface area contributed by atoms with E-state index >= 15 is 0 Å². The summed E-state index contributed by atoms with van der Waals surface area (Å²) in [7, 11) is 0. The van der Waals surface area contributed by atoms with Crippen molar-refractivity contribution in [2.24, 2.45) is 0 Å². The summed E-state index contributed by atoms with van der Waals surface area (Å²) in [5.74, 6) is -1.56. The molecular weight excluding hydrogens is 435 g/mol. The predicted molar refractivity (Wildman–Crippen MR) is 90.5 cm³/mol. The Kier molecular flexibility index (Phi) is 8.92. The summed E-state index contributed by atoms with van der Waals surface area (Å²) in [6, 6.07) is 0. The molecule has 1 aliphatic heterocycles. The monoisotopic (exact) mass is 458 g/mol. The summed E-state index contributed by atoms with van der Waals surface area (Å²) in [6.45, 7) is 6.05. The minimum absolute atomic E-state index is 0.139. The third-order valence-electron chi connectivity index (χ3n) is 3.11. The molecule has 138 valence electrons. The maximum Gasteiger partial charge on any atom is 0.303 e. The van der Waals surface area contributed by atoms with Crippen LogP contribution in [-0.4, -0.2) is 59.6 Å². The summed E-state index contributed by atoms with van der Waals surface area (Å²) in [6.07, 6.45) is -2.36. The van der Waals surface area contributed by atoms with Crippen LogP contribution in [0.2, 0.25) is 0 Å². The molecule has 0 spiro atoms. The predicted octanol–water partition coefficient (Wildman–Crippen LogP) is 1.37. The fraction of sp³-hybridized carbons (Fsp3) is 0.800. The first kappa shape index (κ1) is 21.1. The van der Waals surface area contributed by atoms with Crippen LogP contribution in [0, 0.1) is 0 Å². The van der Waals surface area contributed by atoms with Crippen molar-refractivity contribution < 1.29 is 38.1 Å². The van der Waals surface area contributed by atoms with E-state index in [9.17, 15) is 14.4 Å². The number of rotatable bonds is 7. The topological polar surface area (TPSA) is 97.4 Å². The van der Waals surface area contributed by atoms with Crippen molar-refractivity contribution in [3.63, 3.8) is 0 Å². The van der Waals surface area contributed by atoms with Gasteiger partial charge in [-0.05, 0) is 6.42 Å². The van der Waals surface area contributed by atoms with Crippen molar-refractivity contribution in [3.05, 3.63) is 0 Å². The molecule has 0 bridgehead atoms. The molecule has 1 heterocycles. The van der Waals surface area contributed by atoms with Crippen LogP contribution in [0.15, 0.2) is 0 Å². The highest BCUT2D eigenvalue weighted by Gasteiger charge is 2.49. The van der Waals surface area contributed by atoms with Crippen LogP contribution in [0.5, 0.6) is 0 Å². The molecule has 5 unspecified atom stereocenters. The Balaban J connectivity index is 3.01. The maximum atomic E-state index is 11.4. The van der Waals surface area contributed by atoms with Crippen LogP contribution in [-0.2, 0) is 38.1 Å². The number of hydrogen-bond acceptors (Lipinski definition) is 8. The lowest BCUT2D eigenvalue weighted by molar-refractivity contribution is -0.259. The van der Waals surface area contributed by atoms with Gasteiger partial charge in [-0.1, -0.05) is 29.5 Å². The Morgan fingerprint density at radius 2 is 1.58 bits per heavy atom. The molecule has 9 heteroatoms. The Labute approximate surface area is 154 Å². The molecule has 0 aromatic heterocycles. The van der Waals surface area contributed by atoms with Crippen molar-refractivity contribution in [1.29, 1.82) is 0 Å². The van der Waals surface area contributed by atoms with Crippen molar-refractivity contribution in [3.8, 4) is 0 Å². The van der Waals surface area contributed by atoms with Crippen LogP contribution < -0.4 is 0 Å². The molecular formula is C15H23IO8. The average Bonchev–Trinajstić information content (AvgIpc) is 2.48. The first-order valence-corrected chi connectivity index (χ1v) is 8.89. The van der Waals surface area contributed by atoms with E-state index < -0.39 is 46.4 Å². The van der Waals surface area contributed by atoms with Crippen LogP contribution in [0.1, 0.15) is 34.1 Å². The second kappa shape index (κ2) is 10.1. The second-order valence-electron chi connectivity index (χ2n) is 5.31. The number of carbonyl (C=O) groups excluding carboxylic acids is 3. The summed E-state index contributed by atoms with van der Waals surface area (Å²) < 4.78 is 26.7. The molecule has 0 aromatic rings. The van der Waals surface area contributed by atoms with E-state index in [0.29, 0.717) is 6.61 Å². The van der Waals surface area contributed by atoms with Crippen LogP contribution in [0.4, 0.5) is 0 Å². The highest BCUT2D eigenvalue weighted by atomic mass is 127. The van der Waals surface area contributed by atoms with E-state index in [2.05, 4.69) is 0 Å². The fourth-order valence-corrected chi connectivity index (χ4v) is 3.16. The number of alkyl halides is 1. The molecule has 0 amide bonds. The Morgan fingerprint density at radius 1 is 1.00 bits per heavy atom. The Bertz CT molecular complexity index is 455. The van der Waals surface area contributed by atoms with Crippen molar-refractivity contribution in [1.82, 2.24) is 0 Å². The molecule has 1 rings (SSSR count). The van der Waals surface area contributed by atoms with Crippen LogP contribution >= 0.6 is 22.6 Å². The van der Waals surface area contributed by atoms with Crippen LogP contribution in [0.3, 0.4) is 0 Å². The quantitative estimate of drug-likeness (QED) is 0.244. The number of esters is 3. The van der Waals surface area contributed by atoms with Gasteiger partial charge in [0.15, 0.2) is 18.5 Å². The zero-order valence-corrected chi connectivity index (χ0v) is 16.3. The number of carbonyl (C=O) groups is 3. The number of hydrogen-bond donors (Lipinski definition) is 0. The standard InChI is InChI=1S/C15H23IO8/c1-5-6-20-15-12(16)14(23-10(4)19)13(22-9(3)18)11(24-15)7-21-8(2)17/h11-15H,5-7H2,1-4H3. The van der Waals surface area contributed by atoms with Gasteiger partial charge in [0.05, 0.1) is 0 Å². The molecule has 0 radical (unpaired) electrons. The number of ether oxygens (including phenoxy) is 5. The van der Waals surface area contributed by atoms with E-state index in [1.807, 2.05) is 29.5 Å². The van der Waals surface area contributed by atoms with Gasteiger partial charge < -0.3 is 23.7 Å². The van der Waals surface area contributed by atoms with Crippen molar-refractivity contribution in [2.45, 2.75) is 62.6 Å². The minimum Gasteiger partial charge on any atom is -0.463 e. The highest BCUT2D eigenvalue weighted by Crippen LogP contribution is 2.32. The zero-order valence-electron chi connectivity index (χ0n) is 14.2. The molecule has 1 saturated heterocycles. The molecule has 0 aromatic carbocycles. The molecule has 0 N–H and O–H groups in total. The largest absolute Gasteiger partial charge is 0.463 e. The third kappa shape index (κ3) is 6.52. The normalized spacial score (nSPS) is 29.6. The molecule has 0 aliphatic carbocycles. The van der Waals surface area contributed by atoms with E-state index in [-0.39, 0.29) is 6.61 Å². The molecule has 24 heavy (non-hydrogen) atoms. The van der Waals surface area contributed by atoms with Crippen molar-refractivity contribution in [2.75, 3.05) is 13.2 Å². The summed E-state index contributed by atoms with van der Waals surface area (Å²) in [5, 5.41) is 0. The van der Waals surface area contributed by atoms with Gasteiger partial charge in [-0.15, -0.1) is 0 Å². The first-order valence-electron chi connectivity index (χ1n) is 7.65. The van der Waals surface area contributed by atoms with Gasteiger partial charge in [0.2, 0.25) is 0 Å². The lowest BCUT2D eigenvalue weighted by Gasteiger charge is -2.42. The smallest absolute Gasteiger partial charge is 0.303 e. The molecule has 8 nitrogen and oxygen atoms in total. The van der Waals surface area contributed by atoms with Gasteiger partial charge in [-0.25, -0.2) is 0 Å². The maximum absolute atomic E-state index is 11.4. The minimum atomic E-state index is -0.894. The lowest BCUT2D eigenvalue weighted by Crippen LogP contribution is -2.60. The van der Waals surface area contributed by atoms with E-state index in [1.54, 1.807) is 0 Å². The molecule has 1 aliphatic rings. The summed E-state index contributed by atoms with van der Waals surface area (Å²) in [5.41, 5.74) is 0. The fourth-order valence-electron chi connectivity index (χ4n) is 2.23. The van der Waals surface area contributed by atoms with Gasteiger partial charge in [0, 0.05) is 27.4 Å². The van der Waals surface area contributed by atoms with Gasteiger partial charge in [-0.2, -0.15) is 0 Å². The second-order valence-corrected chi connectivity index (χ2v) is 6.75. The van der Waals surface area contributed by atoms with E-state index in [1.165, 1.54) is 20.8 Å². The van der Waals surface area contributed by atoms with Gasteiger partial charge in [-0.3, -0.25) is 14.4 Å². The van der Waals surface area contributed by atoms with Crippen LogP contribution in [0.25, 0.3) is 0 Å². The average molecular weight is 458 g/mol. The Hall–Kier alpha value is -0.940. The Morgan fingerprint density at radius 3 is 2.08 bits per heavy atom. The lowest BCUT2D eigenvalue weighted by atomic mass is 10.0. The SMILES string of the molecule is CCCOC1OC(COC(C)=O)C(OC(C)=O)C(OC(C)=O)C1I. The van der Waals surface area contributed by atoms with Gasteiger partial charge in [0.25, 0.3) is 0 Å². The van der Waals surface area contributed by atoms with Gasteiger partial charge >= 0.3 is 17.9 Å². The summed E-state index contributed by atoms with van der Waals surface area (Å²) in [4.78, 5) is 34.0. The third-order valence-corrected chi connectivity index (χ3v) is 4.41. The first-order chi connectivity index (χ1) is 11.3. The van der Waals surface area contributed by atoms with E-state index in [4.69, 9.17) is 23.7 Å². The molecule has 0 saturated carbocycles. The van der Waals surface area contributed by atoms with Crippen molar-refractivity contribution >= 4 is 40.5 Å². The zero-order chi connectivity index (χ0) is 18.3. The van der Waals surface area contributed by atoms with E-state index in [0.717, 1.165) is 6.42 Å². The molecule has 1 fully saturated rings. The highest BCUT2D eigenvalue weighted by molar-refractivity contribution is 14.1. The van der Waals surface area contributed by atoms with Gasteiger partial charge in [0.1, 0.15) is 16.6 Å². The molecule has 5 atom stereocenters.